The van der Waals surface area contributed by atoms with Gasteiger partial charge in [0, 0.05) is 18.3 Å². The Balaban J connectivity index is 1.61. The van der Waals surface area contributed by atoms with Crippen molar-refractivity contribution in [2.75, 3.05) is 0 Å². The largest absolute Gasteiger partial charge is 0.362 e. The molecule has 49 heavy (non-hydrogen) atoms. The average molecular weight is 634 g/mol. The third-order valence-corrected chi connectivity index (χ3v) is 8.07. The first-order chi connectivity index (χ1) is 24.2. The highest BCUT2D eigenvalue weighted by atomic mass is 14.8. The molecule has 1 heteroatoms. The molecule has 0 radical (unpaired) electrons. The van der Waals surface area contributed by atoms with Crippen LogP contribution in [-0.2, 0) is 6.42 Å². The lowest BCUT2D eigenvalue weighted by molar-refractivity contribution is 1.08. The zero-order valence-corrected chi connectivity index (χ0v) is 28.0. The highest BCUT2D eigenvalue weighted by molar-refractivity contribution is 5.71. The minimum absolute atomic E-state index is 0.723. The van der Waals surface area contributed by atoms with E-state index in [-0.39, 0.29) is 0 Å². The first-order valence-corrected chi connectivity index (χ1v) is 16.7. The van der Waals surface area contributed by atoms with Gasteiger partial charge in [0.15, 0.2) is 0 Å². The van der Waals surface area contributed by atoms with E-state index >= 15 is 0 Å². The van der Waals surface area contributed by atoms with Crippen molar-refractivity contribution < 1.29 is 0 Å². The summed E-state index contributed by atoms with van der Waals surface area (Å²) in [4.78, 5) is 0. The summed E-state index contributed by atoms with van der Waals surface area (Å²) in [6.45, 7) is 8.91. The van der Waals surface area contributed by atoms with Gasteiger partial charge in [0.2, 0.25) is 0 Å². The van der Waals surface area contributed by atoms with Gasteiger partial charge < -0.3 is 5.32 Å². The van der Waals surface area contributed by atoms with E-state index in [4.69, 9.17) is 0 Å². The van der Waals surface area contributed by atoms with Crippen LogP contribution in [0.4, 0.5) is 0 Å². The maximum atomic E-state index is 4.56. The third-order valence-electron chi connectivity index (χ3n) is 8.07. The summed E-state index contributed by atoms with van der Waals surface area (Å²) in [5.74, 6) is 0. The third kappa shape index (κ3) is 10.7. The summed E-state index contributed by atoms with van der Waals surface area (Å²) in [6.07, 6.45) is 55.4. The molecule has 0 aromatic heterocycles. The van der Waals surface area contributed by atoms with Gasteiger partial charge in [-0.25, -0.2) is 0 Å². The Bertz CT molecular complexity index is 2100. The average Bonchev–Trinajstić information content (AvgIpc) is 3.13. The van der Waals surface area contributed by atoms with Crippen LogP contribution in [0.2, 0.25) is 0 Å². The molecular formula is C48H43N. The van der Waals surface area contributed by atoms with E-state index in [9.17, 15) is 0 Å². The Morgan fingerprint density at radius 1 is 0.490 bits per heavy atom. The lowest BCUT2D eigenvalue weighted by Gasteiger charge is -2.15. The van der Waals surface area contributed by atoms with E-state index in [1.807, 2.05) is 79.1 Å². The van der Waals surface area contributed by atoms with Gasteiger partial charge in [0.25, 0.3) is 0 Å². The van der Waals surface area contributed by atoms with E-state index in [1.165, 1.54) is 21.6 Å². The Kier molecular flexibility index (Phi) is 13.1. The molecule has 1 aliphatic heterocycles. The molecule has 0 atom stereocenters. The zero-order chi connectivity index (χ0) is 33.9. The molecule has 5 rings (SSSR count). The first-order valence-electron chi connectivity index (χ1n) is 16.7. The molecule has 2 aromatic rings. The number of benzene rings is 2. The molecule has 0 amide bonds. The SMILES string of the molecule is C=C1\C=C/C(C2=C/C=C\C=C/C=C/C=C/C=C\C=C\C=C\2)=C\C=C\NC(=C)/C(=c2/cccc/c2=C2\C=CC=CC2)Cc2ccccc2/C=C\1. The van der Waals surface area contributed by atoms with Crippen LogP contribution < -0.4 is 15.8 Å². The minimum Gasteiger partial charge on any atom is -0.362 e. The van der Waals surface area contributed by atoms with Gasteiger partial charge in [-0.1, -0.05) is 208 Å². The number of hydrogen-bond acceptors (Lipinski definition) is 1. The monoisotopic (exact) mass is 633 g/mol. The Morgan fingerprint density at radius 3 is 1.82 bits per heavy atom. The fraction of sp³-hybridized carbons (Fsp3) is 0.0417. The fourth-order valence-corrected chi connectivity index (χ4v) is 5.51. The van der Waals surface area contributed by atoms with Crippen LogP contribution in [0.5, 0.6) is 0 Å². The maximum Gasteiger partial charge on any atom is 0.0348 e. The number of rotatable bonds is 1. The smallest absolute Gasteiger partial charge is 0.0348 e. The Morgan fingerprint density at radius 2 is 1.08 bits per heavy atom. The van der Waals surface area contributed by atoms with Gasteiger partial charge in [-0.05, 0) is 61.9 Å². The summed E-state index contributed by atoms with van der Waals surface area (Å²) >= 11 is 0. The van der Waals surface area contributed by atoms with Crippen LogP contribution in [0, 0.1) is 0 Å². The molecule has 1 N–H and O–H groups in total. The molecule has 240 valence electrons. The van der Waals surface area contributed by atoms with Crippen molar-refractivity contribution in [3.8, 4) is 0 Å². The van der Waals surface area contributed by atoms with Crippen LogP contribution in [0.25, 0.3) is 17.2 Å². The molecule has 0 fully saturated rings. The number of fused-ring (bicyclic) bond motifs is 1. The Hall–Kier alpha value is -6.18. The molecule has 1 nitrogen and oxygen atoms in total. The summed E-state index contributed by atoms with van der Waals surface area (Å²) in [5.41, 5.74) is 8.69. The normalized spacial score (nSPS) is 27.9. The minimum atomic E-state index is 0.723. The molecule has 0 unspecified atom stereocenters. The van der Waals surface area contributed by atoms with Gasteiger partial charge in [0.1, 0.15) is 0 Å². The van der Waals surface area contributed by atoms with E-state index in [0.29, 0.717) is 0 Å². The predicted molar refractivity (Wildman–Crippen MR) is 214 cm³/mol. The molecule has 0 saturated carbocycles. The second-order valence-corrected chi connectivity index (χ2v) is 11.6. The standard InChI is InChI=1S/C48H43N/c1-39-33-35-42(41-24-15-12-10-8-6-4-3-5-7-9-11-13-16-25-41)30-23-37-49-40(2)48(38-45-29-20-19-26-43(45)36-34-39)47-32-22-21-31-46(47)44-27-17-14-18-28-44/h3-27,29-37,49H,1-2,28,38H2/b4-3+,5-3?,6-4?,7-5+,8-6-,9-7?,10-8?,11-9-,12-10+,13-11?,15-12?,16-13-,24-15+,25-16?,35-33-,36-34-,37-23+,41-24?,41-25+,42-30+,46-44-,48-47-. The number of hydrogen-bond donors (Lipinski definition) is 1. The molecule has 2 aromatic carbocycles. The van der Waals surface area contributed by atoms with Crippen molar-refractivity contribution in [2.24, 2.45) is 0 Å². The number of allylic oxidation sites excluding steroid dienone is 28. The molecule has 0 spiro atoms. The van der Waals surface area contributed by atoms with E-state index < -0.39 is 0 Å². The lowest BCUT2D eigenvalue weighted by atomic mass is 9.94. The summed E-state index contributed by atoms with van der Waals surface area (Å²) in [7, 11) is 0. The van der Waals surface area contributed by atoms with Crippen molar-refractivity contribution in [3.05, 3.63) is 258 Å². The molecule has 2 aliphatic carbocycles. The van der Waals surface area contributed by atoms with Crippen molar-refractivity contribution >= 4 is 17.2 Å². The maximum absolute atomic E-state index is 4.56. The second kappa shape index (κ2) is 18.8. The molecule has 3 aliphatic rings. The van der Waals surface area contributed by atoms with Crippen LogP contribution in [-0.4, -0.2) is 0 Å². The molecule has 0 saturated heterocycles. The van der Waals surface area contributed by atoms with Gasteiger partial charge in [-0.2, -0.15) is 0 Å². The van der Waals surface area contributed by atoms with Crippen molar-refractivity contribution in [3.63, 3.8) is 0 Å². The molecular weight excluding hydrogens is 591 g/mol. The highest BCUT2D eigenvalue weighted by Crippen LogP contribution is 2.21. The second-order valence-electron chi connectivity index (χ2n) is 11.6. The van der Waals surface area contributed by atoms with Crippen LogP contribution in [0.1, 0.15) is 17.5 Å². The summed E-state index contributed by atoms with van der Waals surface area (Å²) in [6, 6.07) is 17.2. The van der Waals surface area contributed by atoms with E-state index in [1.54, 1.807) is 0 Å². The zero-order valence-electron chi connectivity index (χ0n) is 28.0. The lowest BCUT2D eigenvalue weighted by Crippen LogP contribution is -2.31. The first kappa shape index (κ1) is 34.2. The van der Waals surface area contributed by atoms with Gasteiger partial charge in [-0.3, -0.25) is 0 Å². The summed E-state index contributed by atoms with van der Waals surface area (Å²) in [5, 5.41) is 5.94. The van der Waals surface area contributed by atoms with E-state index in [0.717, 1.165) is 46.4 Å². The quantitative estimate of drug-likeness (QED) is 0.330. The van der Waals surface area contributed by atoms with Crippen LogP contribution >= 0.6 is 0 Å². The van der Waals surface area contributed by atoms with Crippen LogP contribution in [0.3, 0.4) is 0 Å². The van der Waals surface area contributed by atoms with Crippen molar-refractivity contribution in [1.29, 1.82) is 0 Å². The summed E-state index contributed by atoms with van der Waals surface area (Å²) < 4.78 is 0. The molecule has 0 bridgehead atoms. The number of nitrogens with one attached hydrogen (secondary N) is 1. The van der Waals surface area contributed by atoms with Gasteiger partial charge in [0.05, 0.1) is 0 Å². The van der Waals surface area contributed by atoms with Crippen molar-refractivity contribution in [1.82, 2.24) is 5.32 Å². The van der Waals surface area contributed by atoms with Crippen molar-refractivity contribution in [2.45, 2.75) is 12.8 Å². The fourth-order valence-electron chi connectivity index (χ4n) is 5.51. The van der Waals surface area contributed by atoms with Gasteiger partial charge >= 0.3 is 0 Å². The van der Waals surface area contributed by atoms with E-state index in [2.05, 4.69) is 146 Å². The Labute approximate surface area is 292 Å². The topological polar surface area (TPSA) is 12.0 Å². The predicted octanol–water partition coefficient (Wildman–Crippen LogP) is 10.3. The van der Waals surface area contributed by atoms with Gasteiger partial charge in [-0.15, -0.1) is 0 Å². The van der Waals surface area contributed by atoms with Crippen LogP contribution in [0.15, 0.2) is 236 Å². The molecule has 1 heterocycles. The highest BCUT2D eigenvalue weighted by Gasteiger charge is 2.10.